The first-order valence-electron chi connectivity index (χ1n) is 4.07. The Bertz CT molecular complexity index is 47.2. The molecule has 61 valence electrons. The highest BCUT2D eigenvalue weighted by atomic mass is 16.6. The molecular weight excluding hydrogens is 128 g/mol. The van der Waals surface area contributed by atoms with Crippen LogP contribution in [0.15, 0.2) is 0 Å². The summed E-state index contributed by atoms with van der Waals surface area (Å²) >= 11 is 0. The van der Waals surface area contributed by atoms with Gasteiger partial charge in [0.25, 0.3) is 0 Å². The van der Waals surface area contributed by atoms with Crippen LogP contribution < -0.4 is 0 Å². The summed E-state index contributed by atoms with van der Waals surface area (Å²) in [4.78, 5) is 0. The van der Waals surface area contributed by atoms with E-state index in [1.54, 1.807) is 0 Å². The number of ether oxygens (including phenoxy) is 1. The molecular formula is C8H17O2. The maximum atomic E-state index is 9.80. The average Bonchev–Trinajstić information content (AvgIpc) is 1.97. The number of hydrogen-bond donors (Lipinski definition) is 0. The third-order valence-corrected chi connectivity index (χ3v) is 1.48. The summed E-state index contributed by atoms with van der Waals surface area (Å²) in [5.41, 5.74) is 0. The molecule has 0 spiro atoms. The molecule has 0 atom stereocenters. The second-order valence-electron chi connectivity index (χ2n) is 2.44. The molecule has 0 bridgehead atoms. The lowest BCUT2D eigenvalue weighted by molar-refractivity contribution is -0.0446. The summed E-state index contributed by atoms with van der Waals surface area (Å²) < 4.78 is 4.66. The quantitative estimate of drug-likeness (QED) is 0.399. The summed E-state index contributed by atoms with van der Waals surface area (Å²) in [6.45, 7) is 2.45. The predicted octanol–water partition coefficient (Wildman–Crippen LogP) is 2.36. The first-order valence-corrected chi connectivity index (χ1v) is 4.07. The molecule has 0 saturated carbocycles. The largest absolute Gasteiger partial charge is 0.352 e. The van der Waals surface area contributed by atoms with Crippen LogP contribution in [0.1, 0.15) is 39.0 Å². The van der Waals surface area contributed by atoms with Gasteiger partial charge in [0.15, 0.2) is 6.79 Å². The highest BCUT2D eigenvalue weighted by molar-refractivity contribution is 4.40. The van der Waals surface area contributed by atoms with Gasteiger partial charge >= 0.3 is 0 Å². The van der Waals surface area contributed by atoms with Crippen molar-refractivity contribution in [2.75, 3.05) is 13.4 Å². The van der Waals surface area contributed by atoms with Crippen molar-refractivity contribution in [1.29, 1.82) is 0 Å². The van der Waals surface area contributed by atoms with Gasteiger partial charge in [0.05, 0.1) is 0 Å². The Morgan fingerprint density at radius 3 is 2.40 bits per heavy atom. The van der Waals surface area contributed by atoms with E-state index in [0.717, 1.165) is 6.42 Å². The smallest absolute Gasteiger partial charge is 0.180 e. The molecule has 0 heterocycles. The minimum Gasteiger partial charge on any atom is -0.352 e. The second-order valence-corrected chi connectivity index (χ2v) is 2.44. The molecule has 1 radical (unpaired) electrons. The van der Waals surface area contributed by atoms with Crippen molar-refractivity contribution in [2.45, 2.75) is 39.0 Å². The standard InChI is InChI=1S/C8H17O2/c1-2-3-4-5-6-7-10-8-9/h2-8H2,1H3. The van der Waals surface area contributed by atoms with E-state index in [2.05, 4.69) is 11.7 Å². The van der Waals surface area contributed by atoms with E-state index in [1.165, 1.54) is 25.7 Å². The highest BCUT2D eigenvalue weighted by Gasteiger charge is 1.87. The zero-order valence-electron chi connectivity index (χ0n) is 6.77. The third kappa shape index (κ3) is 7.92. The van der Waals surface area contributed by atoms with Crippen molar-refractivity contribution in [3.05, 3.63) is 0 Å². The fraction of sp³-hybridized carbons (Fsp3) is 1.00. The van der Waals surface area contributed by atoms with Crippen LogP contribution in [0.3, 0.4) is 0 Å². The van der Waals surface area contributed by atoms with Crippen molar-refractivity contribution < 1.29 is 9.84 Å². The molecule has 10 heavy (non-hydrogen) atoms. The normalized spacial score (nSPS) is 10.2. The molecule has 0 N–H and O–H groups in total. The van der Waals surface area contributed by atoms with Crippen molar-refractivity contribution >= 4 is 0 Å². The molecule has 0 aliphatic carbocycles. The molecule has 0 aliphatic rings. The molecule has 0 aromatic rings. The Hall–Kier alpha value is -0.0800. The maximum Gasteiger partial charge on any atom is 0.180 e. The zero-order chi connectivity index (χ0) is 7.66. The van der Waals surface area contributed by atoms with E-state index in [0.29, 0.717) is 6.61 Å². The molecule has 0 rings (SSSR count). The summed E-state index contributed by atoms with van der Waals surface area (Å²) in [6, 6.07) is 0. The summed E-state index contributed by atoms with van der Waals surface area (Å²) in [5.74, 6) is 0. The highest BCUT2D eigenvalue weighted by Crippen LogP contribution is 2.01. The van der Waals surface area contributed by atoms with Gasteiger partial charge in [-0.3, -0.25) is 0 Å². The first-order chi connectivity index (χ1) is 4.91. The molecule has 2 heteroatoms. The van der Waals surface area contributed by atoms with E-state index in [1.807, 2.05) is 0 Å². The second kappa shape index (κ2) is 8.92. The molecule has 0 amide bonds. The van der Waals surface area contributed by atoms with Gasteiger partial charge in [0.1, 0.15) is 0 Å². The monoisotopic (exact) mass is 145 g/mol. The van der Waals surface area contributed by atoms with E-state index >= 15 is 0 Å². The molecule has 0 aromatic heterocycles. The third-order valence-electron chi connectivity index (χ3n) is 1.48. The van der Waals surface area contributed by atoms with Crippen LogP contribution in [0.4, 0.5) is 0 Å². The Kier molecular flexibility index (Phi) is 8.85. The molecule has 0 fully saturated rings. The Morgan fingerprint density at radius 2 is 1.80 bits per heavy atom. The van der Waals surface area contributed by atoms with E-state index in [-0.39, 0.29) is 6.79 Å². The van der Waals surface area contributed by atoms with Gasteiger partial charge in [-0.15, -0.1) is 0 Å². The van der Waals surface area contributed by atoms with E-state index in [9.17, 15) is 5.11 Å². The van der Waals surface area contributed by atoms with Crippen LogP contribution in [-0.2, 0) is 9.84 Å². The van der Waals surface area contributed by atoms with Crippen LogP contribution in [-0.4, -0.2) is 13.4 Å². The lowest BCUT2D eigenvalue weighted by atomic mass is 10.2. The molecule has 0 unspecified atom stereocenters. The minimum absolute atomic E-state index is 0.381. The maximum absolute atomic E-state index is 9.80. The Balaban J connectivity index is 2.65. The lowest BCUT2D eigenvalue weighted by Crippen LogP contribution is -1.93. The first kappa shape index (κ1) is 9.92. The summed E-state index contributed by atoms with van der Waals surface area (Å²) in [7, 11) is 0. The fourth-order valence-corrected chi connectivity index (χ4v) is 0.867. The Labute approximate surface area is 63.2 Å². The minimum atomic E-state index is -0.381. The molecule has 0 aromatic carbocycles. The van der Waals surface area contributed by atoms with Crippen LogP contribution >= 0.6 is 0 Å². The summed E-state index contributed by atoms with van der Waals surface area (Å²) in [5, 5.41) is 9.80. The fourth-order valence-electron chi connectivity index (χ4n) is 0.867. The van der Waals surface area contributed by atoms with Crippen molar-refractivity contribution in [3.8, 4) is 0 Å². The topological polar surface area (TPSA) is 29.1 Å². The predicted molar refractivity (Wildman–Crippen MR) is 40.3 cm³/mol. The van der Waals surface area contributed by atoms with Gasteiger partial charge in [0, 0.05) is 6.61 Å². The van der Waals surface area contributed by atoms with Crippen molar-refractivity contribution in [3.63, 3.8) is 0 Å². The van der Waals surface area contributed by atoms with Crippen LogP contribution in [0.2, 0.25) is 0 Å². The van der Waals surface area contributed by atoms with Crippen molar-refractivity contribution in [1.82, 2.24) is 0 Å². The summed E-state index contributed by atoms with van der Waals surface area (Å²) in [6.07, 6.45) is 6.09. The zero-order valence-corrected chi connectivity index (χ0v) is 6.77. The number of rotatable bonds is 7. The Morgan fingerprint density at radius 1 is 1.10 bits per heavy atom. The van der Waals surface area contributed by atoms with Crippen molar-refractivity contribution in [2.24, 2.45) is 0 Å². The SMILES string of the molecule is CCCCCCCOC[O]. The van der Waals surface area contributed by atoms with Gasteiger partial charge in [-0.05, 0) is 6.42 Å². The van der Waals surface area contributed by atoms with Crippen LogP contribution in [0.25, 0.3) is 0 Å². The number of unbranched alkanes of at least 4 members (excludes halogenated alkanes) is 4. The van der Waals surface area contributed by atoms with Crippen LogP contribution in [0, 0.1) is 0 Å². The average molecular weight is 145 g/mol. The van der Waals surface area contributed by atoms with Crippen LogP contribution in [0.5, 0.6) is 0 Å². The lowest BCUT2D eigenvalue weighted by Gasteiger charge is -1.98. The van der Waals surface area contributed by atoms with Gasteiger partial charge < -0.3 is 4.74 Å². The van der Waals surface area contributed by atoms with Gasteiger partial charge in [-0.1, -0.05) is 32.6 Å². The van der Waals surface area contributed by atoms with E-state index < -0.39 is 0 Å². The molecule has 2 nitrogen and oxygen atoms in total. The molecule has 0 saturated heterocycles. The molecule has 0 aliphatic heterocycles. The van der Waals surface area contributed by atoms with Gasteiger partial charge in [-0.25, -0.2) is 5.11 Å². The van der Waals surface area contributed by atoms with Gasteiger partial charge in [0.2, 0.25) is 0 Å². The number of hydrogen-bond acceptors (Lipinski definition) is 1. The van der Waals surface area contributed by atoms with E-state index in [4.69, 9.17) is 0 Å². The van der Waals surface area contributed by atoms with Gasteiger partial charge in [-0.2, -0.15) is 0 Å².